The zero-order valence-corrected chi connectivity index (χ0v) is 17.8. The van der Waals surface area contributed by atoms with Crippen molar-refractivity contribution in [1.82, 2.24) is 4.90 Å². The number of benzene rings is 2. The molecule has 0 spiro atoms. The summed E-state index contributed by atoms with van der Waals surface area (Å²) in [6, 6.07) is 15.7. The van der Waals surface area contributed by atoms with E-state index < -0.39 is 10.0 Å². The molecule has 1 saturated heterocycles. The van der Waals surface area contributed by atoms with Crippen LogP contribution in [-0.2, 0) is 14.8 Å². The summed E-state index contributed by atoms with van der Waals surface area (Å²) in [5.74, 6) is -0.298. The van der Waals surface area contributed by atoms with Crippen LogP contribution in [0.1, 0.15) is 5.56 Å². The molecule has 8 heteroatoms. The number of anilines is 1. The average Bonchev–Trinajstić information content (AvgIpc) is 2.97. The maximum Gasteiger partial charge on any atom is 0.284 e. The molecular weight excluding hydrogens is 406 g/mol. The lowest BCUT2D eigenvalue weighted by molar-refractivity contribution is -0.121. The van der Waals surface area contributed by atoms with Crippen molar-refractivity contribution in [3.63, 3.8) is 0 Å². The molecule has 0 bridgehead atoms. The Morgan fingerprint density at radius 2 is 1.76 bits per heavy atom. The summed E-state index contributed by atoms with van der Waals surface area (Å²) in [6.45, 7) is 3.82. The van der Waals surface area contributed by atoms with Gasteiger partial charge in [-0.25, -0.2) is 0 Å². The lowest BCUT2D eigenvalue weighted by Crippen LogP contribution is -2.29. The summed E-state index contributed by atoms with van der Waals surface area (Å²) in [5, 5.41) is 0.120. The van der Waals surface area contributed by atoms with Crippen LogP contribution in [0.3, 0.4) is 0 Å². The highest BCUT2D eigenvalue weighted by Crippen LogP contribution is 2.33. The van der Waals surface area contributed by atoms with Crippen LogP contribution in [0, 0.1) is 0 Å². The molecule has 0 radical (unpaired) electrons. The smallest absolute Gasteiger partial charge is 0.284 e. The molecule has 29 heavy (non-hydrogen) atoms. The number of hydrogen-bond donors (Lipinski definition) is 0. The number of sulfonamides is 1. The highest BCUT2D eigenvalue weighted by molar-refractivity contribution is 8.19. The molecule has 3 rings (SSSR count). The standard InChI is InChI=1S/C21H21N3O3S2/c1-4-14-24-20(25)19(15-16-10-12-17(13-11-16)23(2)3)28-21(24)22-29(26,27)18-8-6-5-7-9-18/h4-13,15H,1,14H2,2-3H3/b19-15+,22-21-. The number of carbonyl (C=O) groups excluding carboxylic acids is 1. The first-order valence-corrected chi connectivity index (χ1v) is 11.1. The van der Waals surface area contributed by atoms with Crippen LogP contribution in [0.4, 0.5) is 5.69 Å². The molecule has 2 aromatic carbocycles. The Labute approximate surface area is 175 Å². The van der Waals surface area contributed by atoms with Gasteiger partial charge >= 0.3 is 0 Å². The molecule has 0 saturated carbocycles. The molecule has 1 aliphatic rings. The number of rotatable bonds is 6. The van der Waals surface area contributed by atoms with Crippen molar-refractivity contribution in [3.05, 3.63) is 77.7 Å². The second-order valence-corrected chi connectivity index (χ2v) is 9.08. The van der Waals surface area contributed by atoms with E-state index in [0.717, 1.165) is 23.0 Å². The highest BCUT2D eigenvalue weighted by Gasteiger charge is 2.34. The highest BCUT2D eigenvalue weighted by atomic mass is 32.2. The summed E-state index contributed by atoms with van der Waals surface area (Å²) < 4.78 is 29.2. The molecule has 0 aromatic heterocycles. The van der Waals surface area contributed by atoms with Gasteiger partial charge in [-0.2, -0.15) is 8.42 Å². The van der Waals surface area contributed by atoms with Crippen molar-refractivity contribution in [3.8, 4) is 0 Å². The predicted octanol–water partition coefficient (Wildman–Crippen LogP) is 3.60. The van der Waals surface area contributed by atoms with Gasteiger partial charge in [0.05, 0.1) is 9.80 Å². The van der Waals surface area contributed by atoms with Crippen molar-refractivity contribution in [2.45, 2.75) is 4.90 Å². The summed E-state index contributed by atoms with van der Waals surface area (Å²) in [4.78, 5) is 16.6. The fourth-order valence-corrected chi connectivity index (χ4v) is 4.85. The first-order valence-electron chi connectivity index (χ1n) is 8.81. The first-order chi connectivity index (χ1) is 13.8. The van der Waals surface area contributed by atoms with Crippen molar-refractivity contribution in [1.29, 1.82) is 0 Å². The van der Waals surface area contributed by atoms with E-state index in [4.69, 9.17) is 0 Å². The molecule has 0 unspecified atom stereocenters. The summed E-state index contributed by atoms with van der Waals surface area (Å²) in [7, 11) is -0.0210. The van der Waals surface area contributed by atoms with E-state index in [1.165, 1.54) is 23.1 Å². The fourth-order valence-electron chi connectivity index (χ4n) is 2.63. The average molecular weight is 428 g/mol. The lowest BCUT2D eigenvalue weighted by Gasteiger charge is -2.12. The van der Waals surface area contributed by atoms with Crippen LogP contribution in [0.25, 0.3) is 6.08 Å². The number of amides is 1. The Bertz CT molecular complexity index is 1070. The van der Waals surface area contributed by atoms with Gasteiger partial charge in [0, 0.05) is 26.3 Å². The van der Waals surface area contributed by atoms with Crippen molar-refractivity contribution in [2.75, 3.05) is 25.5 Å². The number of amidine groups is 1. The molecule has 0 atom stereocenters. The van der Waals surface area contributed by atoms with Crippen molar-refractivity contribution < 1.29 is 13.2 Å². The van der Waals surface area contributed by atoms with E-state index in [2.05, 4.69) is 11.0 Å². The van der Waals surface area contributed by atoms with Gasteiger partial charge in [-0.3, -0.25) is 9.69 Å². The third kappa shape index (κ3) is 4.78. The van der Waals surface area contributed by atoms with Crippen LogP contribution in [0.5, 0.6) is 0 Å². The molecule has 1 fully saturated rings. The van der Waals surface area contributed by atoms with E-state index in [9.17, 15) is 13.2 Å². The predicted molar refractivity (Wildman–Crippen MR) is 119 cm³/mol. The lowest BCUT2D eigenvalue weighted by atomic mass is 10.2. The van der Waals surface area contributed by atoms with Crippen molar-refractivity contribution >= 4 is 44.6 Å². The summed E-state index contributed by atoms with van der Waals surface area (Å²) in [5.41, 5.74) is 1.89. The van der Waals surface area contributed by atoms with Gasteiger partial charge in [0.1, 0.15) is 0 Å². The van der Waals surface area contributed by atoms with E-state index in [-0.39, 0.29) is 22.5 Å². The van der Waals surface area contributed by atoms with E-state index in [0.29, 0.717) is 4.91 Å². The maximum absolute atomic E-state index is 12.8. The normalized spacial score (nSPS) is 17.2. The second kappa shape index (κ2) is 8.67. The zero-order chi connectivity index (χ0) is 21.0. The van der Waals surface area contributed by atoms with Gasteiger partial charge < -0.3 is 4.90 Å². The Morgan fingerprint density at radius 1 is 1.10 bits per heavy atom. The van der Waals surface area contributed by atoms with Gasteiger partial charge in [-0.05, 0) is 47.7 Å². The summed E-state index contributed by atoms with van der Waals surface area (Å²) in [6.07, 6.45) is 3.28. The Balaban J connectivity index is 1.95. The number of nitrogens with zero attached hydrogens (tertiary/aromatic N) is 3. The van der Waals surface area contributed by atoms with Crippen LogP contribution < -0.4 is 4.90 Å². The van der Waals surface area contributed by atoms with E-state index >= 15 is 0 Å². The second-order valence-electron chi connectivity index (χ2n) is 6.46. The van der Waals surface area contributed by atoms with Crippen LogP contribution in [0.15, 0.2) is 81.5 Å². The van der Waals surface area contributed by atoms with Crippen LogP contribution in [-0.4, -0.2) is 45.0 Å². The molecule has 2 aromatic rings. The van der Waals surface area contributed by atoms with Gasteiger partial charge in [0.25, 0.3) is 15.9 Å². The number of thioether (sulfide) groups is 1. The minimum absolute atomic E-state index is 0.0794. The third-order valence-electron chi connectivity index (χ3n) is 4.15. The molecule has 1 aliphatic heterocycles. The Morgan fingerprint density at radius 3 is 2.34 bits per heavy atom. The largest absolute Gasteiger partial charge is 0.378 e. The number of carbonyl (C=O) groups is 1. The third-order valence-corrected chi connectivity index (χ3v) is 6.55. The summed E-state index contributed by atoms with van der Waals surface area (Å²) >= 11 is 1.04. The molecule has 6 nitrogen and oxygen atoms in total. The molecule has 150 valence electrons. The molecule has 1 heterocycles. The van der Waals surface area contributed by atoms with Crippen LogP contribution in [0.2, 0.25) is 0 Å². The van der Waals surface area contributed by atoms with E-state index in [1.807, 2.05) is 43.3 Å². The SMILES string of the molecule is C=CCN1C(=O)/C(=C\c2ccc(N(C)C)cc2)S/C1=N\S(=O)(=O)c1ccccc1. The maximum atomic E-state index is 12.8. The van der Waals surface area contributed by atoms with Gasteiger partial charge in [-0.15, -0.1) is 11.0 Å². The van der Waals surface area contributed by atoms with E-state index in [1.54, 1.807) is 24.3 Å². The van der Waals surface area contributed by atoms with Crippen molar-refractivity contribution in [2.24, 2.45) is 4.40 Å². The first kappa shape index (κ1) is 20.9. The topological polar surface area (TPSA) is 70.1 Å². The Kier molecular flexibility index (Phi) is 6.24. The number of hydrogen-bond acceptors (Lipinski definition) is 5. The minimum atomic E-state index is -3.92. The fraction of sp³-hybridized carbons (Fsp3) is 0.143. The zero-order valence-electron chi connectivity index (χ0n) is 16.1. The monoisotopic (exact) mass is 427 g/mol. The molecule has 0 N–H and O–H groups in total. The molecular formula is C21H21N3O3S2. The van der Waals surface area contributed by atoms with Gasteiger partial charge in [0.2, 0.25) is 0 Å². The van der Waals surface area contributed by atoms with Crippen LogP contribution >= 0.6 is 11.8 Å². The molecule has 1 amide bonds. The minimum Gasteiger partial charge on any atom is -0.378 e. The van der Waals surface area contributed by atoms with Gasteiger partial charge in [-0.1, -0.05) is 36.4 Å². The van der Waals surface area contributed by atoms with Gasteiger partial charge in [0.15, 0.2) is 5.17 Å². The molecule has 0 aliphatic carbocycles. The quantitative estimate of drug-likeness (QED) is 0.520. The Hall–Kier alpha value is -2.84.